The Labute approximate surface area is 137 Å². The highest BCUT2D eigenvalue weighted by atomic mass is 32.2. The molecule has 0 bridgehead atoms. The lowest BCUT2D eigenvalue weighted by molar-refractivity contribution is -0.119. The molecule has 0 aliphatic rings. The van der Waals surface area contributed by atoms with Crippen LogP contribution in [0.5, 0.6) is 0 Å². The van der Waals surface area contributed by atoms with Gasteiger partial charge >= 0.3 is 0 Å². The van der Waals surface area contributed by atoms with Gasteiger partial charge in [0.25, 0.3) is 0 Å². The maximum atomic E-state index is 11.9. The van der Waals surface area contributed by atoms with Gasteiger partial charge in [0.05, 0.1) is 23.9 Å². The second-order valence-corrected chi connectivity index (χ2v) is 6.95. The second-order valence-electron chi connectivity index (χ2n) is 4.95. The number of rotatable bonds is 6. The third-order valence-corrected chi connectivity index (χ3v) is 5.17. The summed E-state index contributed by atoms with van der Waals surface area (Å²) in [4.78, 5) is 13.6. The number of thioether (sulfide) groups is 1. The summed E-state index contributed by atoms with van der Waals surface area (Å²) in [5, 5.41) is 23.7. The summed E-state index contributed by atoms with van der Waals surface area (Å²) in [7, 11) is 0. The van der Waals surface area contributed by atoms with Crippen molar-refractivity contribution in [2.45, 2.75) is 17.4 Å². The molecule has 0 saturated heterocycles. The maximum absolute atomic E-state index is 11.9. The lowest BCUT2D eigenvalue weighted by Crippen LogP contribution is -2.38. The summed E-state index contributed by atoms with van der Waals surface area (Å²) < 4.78 is 0. The van der Waals surface area contributed by atoms with Crippen LogP contribution in [0.3, 0.4) is 0 Å². The fourth-order valence-corrected chi connectivity index (χ4v) is 3.28. The van der Waals surface area contributed by atoms with Crippen molar-refractivity contribution in [1.29, 1.82) is 5.26 Å². The molecule has 1 aromatic heterocycles. The van der Waals surface area contributed by atoms with Gasteiger partial charge in [-0.3, -0.25) is 4.79 Å². The van der Waals surface area contributed by atoms with Crippen molar-refractivity contribution < 1.29 is 9.90 Å². The number of amides is 1. The Hall–Kier alpha value is -1.81. The van der Waals surface area contributed by atoms with Crippen LogP contribution in [-0.4, -0.2) is 23.3 Å². The van der Waals surface area contributed by atoms with Gasteiger partial charge in [-0.05, 0) is 42.6 Å². The van der Waals surface area contributed by atoms with Crippen molar-refractivity contribution in [3.05, 3.63) is 52.2 Å². The Balaban J connectivity index is 1.79. The van der Waals surface area contributed by atoms with Gasteiger partial charge in [-0.25, -0.2) is 0 Å². The molecule has 1 amide bonds. The third kappa shape index (κ3) is 4.60. The Morgan fingerprint density at radius 2 is 2.14 bits per heavy atom. The van der Waals surface area contributed by atoms with Gasteiger partial charge < -0.3 is 10.4 Å². The number of thiophene rings is 1. The summed E-state index contributed by atoms with van der Waals surface area (Å²) in [5.41, 5.74) is -0.455. The van der Waals surface area contributed by atoms with Crippen molar-refractivity contribution in [3.8, 4) is 6.07 Å². The maximum Gasteiger partial charge on any atom is 0.230 e. The lowest BCUT2D eigenvalue weighted by Gasteiger charge is -2.22. The zero-order valence-electron chi connectivity index (χ0n) is 12.1. The van der Waals surface area contributed by atoms with E-state index in [0.29, 0.717) is 5.56 Å². The standard InChI is InChI=1S/C16H16N2O2S2/c1-16(20,14-3-2-8-21-14)11-18-15(19)10-22-13-6-4-12(9-17)5-7-13/h2-8,20H,10-11H2,1H3,(H,18,19). The molecule has 2 aromatic rings. The molecule has 4 nitrogen and oxygen atoms in total. The molecular formula is C16H16N2O2S2. The normalized spacial score (nSPS) is 13.1. The smallest absolute Gasteiger partial charge is 0.230 e. The molecule has 0 radical (unpaired) electrons. The number of hydrogen-bond donors (Lipinski definition) is 2. The first kappa shape index (κ1) is 16.6. The summed E-state index contributed by atoms with van der Waals surface area (Å²) in [6, 6.07) is 12.9. The monoisotopic (exact) mass is 332 g/mol. The highest BCUT2D eigenvalue weighted by molar-refractivity contribution is 8.00. The van der Waals surface area contributed by atoms with E-state index in [9.17, 15) is 9.90 Å². The van der Waals surface area contributed by atoms with Crippen molar-refractivity contribution in [2.24, 2.45) is 0 Å². The SMILES string of the molecule is CC(O)(CNC(=O)CSc1ccc(C#N)cc1)c1cccs1. The predicted molar refractivity (Wildman–Crippen MR) is 88.8 cm³/mol. The average Bonchev–Trinajstić information content (AvgIpc) is 3.07. The summed E-state index contributed by atoms with van der Waals surface area (Å²) in [6.07, 6.45) is 0. The van der Waals surface area contributed by atoms with E-state index >= 15 is 0 Å². The van der Waals surface area contributed by atoms with Crippen LogP contribution in [0.2, 0.25) is 0 Å². The van der Waals surface area contributed by atoms with E-state index in [1.165, 1.54) is 23.1 Å². The van der Waals surface area contributed by atoms with E-state index < -0.39 is 5.60 Å². The van der Waals surface area contributed by atoms with Crippen LogP contribution in [-0.2, 0) is 10.4 Å². The number of aliphatic hydroxyl groups is 1. The average molecular weight is 332 g/mol. The first-order valence-electron chi connectivity index (χ1n) is 6.67. The van der Waals surface area contributed by atoms with Crippen LogP contribution in [0, 0.1) is 11.3 Å². The van der Waals surface area contributed by atoms with Gasteiger partial charge in [0.2, 0.25) is 5.91 Å². The molecule has 1 aromatic carbocycles. The van der Waals surface area contributed by atoms with Crippen LogP contribution in [0.25, 0.3) is 0 Å². The molecule has 0 aliphatic carbocycles. The molecule has 6 heteroatoms. The zero-order chi connectivity index (χ0) is 16.0. The van der Waals surface area contributed by atoms with E-state index in [0.717, 1.165) is 9.77 Å². The van der Waals surface area contributed by atoms with Gasteiger partial charge in [-0.1, -0.05) is 6.07 Å². The van der Waals surface area contributed by atoms with Gasteiger partial charge in [0.1, 0.15) is 5.60 Å². The third-order valence-electron chi connectivity index (χ3n) is 3.04. The molecule has 0 spiro atoms. The molecule has 0 aliphatic heterocycles. The predicted octanol–water partition coefficient (Wildman–Crippen LogP) is 2.74. The van der Waals surface area contributed by atoms with Crippen LogP contribution in [0.4, 0.5) is 0 Å². The lowest BCUT2D eigenvalue weighted by atomic mass is 10.1. The van der Waals surface area contributed by atoms with Gasteiger partial charge in [0.15, 0.2) is 0 Å². The number of nitrogens with zero attached hydrogens (tertiary/aromatic N) is 1. The van der Waals surface area contributed by atoms with Gasteiger partial charge in [-0.2, -0.15) is 5.26 Å². The largest absolute Gasteiger partial charge is 0.383 e. The van der Waals surface area contributed by atoms with Gasteiger partial charge in [-0.15, -0.1) is 23.1 Å². The molecule has 22 heavy (non-hydrogen) atoms. The highest BCUT2D eigenvalue weighted by Gasteiger charge is 2.24. The highest BCUT2D eigenvalue weighted by Crippen LogP contribution is 2.24. The number of benzene rings is 1. The fraction of sp³-hybridized carbons (Fsp3) is 0.250. The molecule has 114 valence electrons. The van der Waals surface area contributed by atoms with E-state index in [2.05, 4.69) is 11.4 Å². The Bertz CT molecular complexity index is 658. The minimum Gasteiger partial charge on any atom is -0.383 e. The van der Waals surface area contributed by atoms with Gasteiger partial charge in [0, 0.05) is 9.77 Å². The minimum atomic E-state index is -1.05. The van der Waals surface area contributed by atoms with Crippen LogP contribution >= 0.6 is 23.1 Å². The Kier molecular flexibility index (Phi) is 5.61. The van der Waals surface area contributed by atoms with E-state index in [4.69, 9.17) is 5.26 Å². The molecule has 1 heterocycles. The Morgan fingerprint density at radius 3 is 2.73 bits per heavy atom. The molecule has 0 fully saturated rings. The summed E-state index contributed by atoms with van der Waals surface area (Å²) in [5.74, 6) is 0.137. The number of nitriles is 1. The molecule has 2 N–H and O–H groups in total. The van der Waals surface area contributed by atoms with Crippen molar-refractivity contribution >= 4 is 29.0 Å². The number of carbonyl (C=O) groups is 1. The number of nitrogens with one attached hydrogen (secondary N) is 1. The molecular weight excluding hydrogens is 316 g/mol. The van der Waals surface area contributed by atoms with Crippen molar-refractivity contribution in [2.75, 3.05) is 12.3 Å². The molecule has 2 rings (SSSR count). The fourth-order valence-electron chi connectivity index (χ4n) is 1.77. The number of carbonyl (C=O) groups excluding carboxylic acids is 1. The molecule has 1 atom stereocenters. The topological polar surface area (TPSA) is 73.1 Å². The van der Waals surface area contributed by atoms with Crippen LogP contribution in [0.1, 0.15) is 17.4 Å². The second kappa shape index (κ2) is 7.45. The summed E-state index contributed by atoms with van der Waals surface area (Å²) in [6.45, 7) is 1.87. The van der Waals surface area contributed by atoms with E-state index in [-0.39, 0.29) is 18.2 Å². The first-order valence-corrected chi connectivity index (χ1v) is 8.54. The quantitative estimate of drug-likeness (QED) is 0.798. The first-order chi connectivity index (χ1) is 10.5. The number of hydrogen-bond acceptors (Lipinski definition) is 5. The molecule has 1 unspecified atom stereocenters. The van der Waals surface area contributed by atoms with E-state index in [1.807, 2.05) is 29.6 Å². The summed E-state index contributed by atoms with van der Waals surface area (Å²) >= 11 is 2.86. The zero-order valence-corrected chi connectivity index (χ0v) is 13.7. The minimum absolute atomic E-state index is 0.133. The molecule has 0 saturated carbocycles. The van der Waals surface area contributed by atoms with Crippen LogP contribution in [0.15, 0.2) is 46.7 Å². The van der Waals surface area contributed by atoms with Crippen LogP contribution < -0.4 is 5.32 Å². The van der Waals surface area contributed by atoms with Crippen molar-refractivity contribution in [3.63, 3.8) is 0 Å². The van der Waals surface area contributed by atoms with E-state index in [1.54, 1.807) is 19.1 Å². The Morgan fingerprint density at radius 1 is 1.41 bits per heavy atom. The van der Waals surface area contributed by atoms with Crippen molar-refractivity contribution in [1.82, 2.24) is 5.32 Å².